The lowest BCUT2D eigenvalue weighted by Crippen LogP contribution is -2.30. The molecule has 4 aromatic rings. The average Bonchev–Trinajstić information content (AvgIpc) is 3.08. The molecule has 0 spiro atoms. The van der Waals surface area contributed by atoms with E-state index in [1.165, 1.54) is 18.2 Å². The number of esters is 2. The summed E-state index contributed by atoms with van der Waals surface area (Å²) in [6, 6.07) is 34.5. The summed E-state index contributed by atoms with van der Waals surface area (Å²) in [5.41, 5.74) is 6.32. The lowest BCUT2D eigenvalue weighted by atomic mass is 10.0. The van der Waals surface area contributed by atoms with Crippen molar-refractivity contribution in [2.75, 3.05) is 26.8 Å². The minimum Gasteiger partial charge on any atom is -0.466 e. The fourth-order valence-corrected chi connectivity index (χ4v) is 5.52. The van der Waals surface area contributed by atoms with Crippen LogP contribution in [0.15, 0.2) is 103 Å². The van der Waals surface area contributed by atoms with E-state index in [0.717, 1.165) is 48.9 Å². The van der Waals surface area contributed by atoms with Crippen LogP contribution in [0.1, 0.15) is 70.5 Å². The predicted octanol–water partition coefficient (Wildman–Crippen LogP) is 8.41. The Kier molecular flexibility index (Phi) is 14.3. The number of ether oxygens (including phenoxy) is 3. The maximum absolute atomic E-state index is 12.0. The quantitative estimate of drug-likeness (QED) is 0.0803. The van der Waals surface area contributed by atoms with Crippen molar-refractivity contribution in [3.05, 3.63) is 142 Å². The number of hydrogen-bond acceptors (Lipinski definition) is 6. The van der Waals surface area contributed by atoms with Crippen LogP contribution in [-0.2, 0) is 45.0 Å². The Labute approximate surface area is 278 Å². The molecule has 0 fully saturated rings. The third-order valence-electron chi connectivity index (χ3n) is 7.86. The Bertz CT molecular complexity index is 1490. The van der Waals surface area contributed by atoms with Crippen LogP contribution >= 0.6 is 11.6 Å². The maximum Gasteiger partial charge on any atom is 0.337 e. The largest absolute Gasteiger partial charge is 0.466 e. The first-order chi connectivity index (χ1) is 22.4. The van der Waals surface area contributed by atoms with Gasteiger partial charge in [0, 0.05) is 24.5 Å². The van der Waals surface area contributed by atoms with Crippen molar-refractivity contribution in [1.29, 1.82) is 0 Å². The molecule has 0 radical (unpaired) electrons. The second kappa shape index (κ2) is 18.9. The van der Waals surface area contributed by atoms with Gasteiger partial charge in [-0.25, -0.2) is 4.79 Å². The molecule has 0 amide bonds. The number of halogens is 1. The Morgan fingerprint density at radius 3 is 2.13 bits per heavy atom. The van der Waals surface area contributed by atoms with E-state index in [2.05, 4.69) is 53.4 Å². The summed E-state index contributed by atoms with van der Waals surface area (Å²) in [5.74, 6) is -0.528. The lowest BCUT2D eigenvalue weighted by molar-refractivity contribution is -0.143. The number of methoxy groups -OCH3 is 1. The normalized spacial score (nSPS) is 11.7. The van der Waals surface area contributed by atoms with Gasteiger partial charge in [0.05, 0.1) is 32.0 Å². The number of rotatable bonds is 18. The molecule has 0 N–H and O–H groups in total. The average molecular weight is 642 g/mol. The molecule has 0 saturated heterocycles. The van der Waals surface area contributed by atoms with Gasteiger partial charge in [0.2, 0.25) is 0 Å². The zero-order valence-electron chi connectivity index (χ0n) is 26.8. The van der Waals surface area contributed by atoms with E-state index in [-0.39, 0.29) is 18.0 Å². The molecule has 4 rings (SSSR count). The number of carbonyl (C=O) groups excluding carboxylic acids is 2. The fraction of sp³-hybridized carbons (Fsp3) is 0.333. The number of aryl methyl sites for hydroxylation is 2. The highest BCUT2D eigenvalue weighted by Gasteiger charge is 2.19. The highest BCUT2D eigenvalue weighted by molar-refractivity contribution is 6.30. The molecular weight excluding hydrogens is 598 g/mol. The molecule has 0 aromatic heterocycles. The molecule has 1 atom stereocenters. The van der Waals surface area contributed by atoms with Gasteiger partial charge in [-0.05, 0) is 91.2 Å². The Morgan fingerprint density at radius 1 is 0.783 bits per heavy atom. The van der Waals surface area contributed by atoms with E-state index in [1.54, 1.807) is 12.1 Å². The summed E-state index contributed by atoms with van der Waals surface area (Å²) in [5, 5.41) is 0.660. The minimum atomic E-state index is -0.360. The minimum absolute atomic E-state index is 0.168. The van der Waals surface area contributed by atoms with Gasteiger partial charge in [-0.3, -0.25) is 9.69 Å². The molecule has 6 nitrogen and oxygen atoms in total. The van der Waals surface area contributed by atoms with Crippen LogP contribution in [0.25, 0.3) is 0 Å². The third kappa shape index (κ3) is 11.8. The zero-order valence-corrected chi connectivity index (χ0v) is 27.6. The fourth-order valence-electron chi connectivity index (χ4n) is 5.32. The lowest BCUT2D eigenvalue weighted by Gasteiger charge is -2.28. The number of carbonyl (C=O) groups is 2. The van der Waals surface area contributed by atoms with Gasteiger partial charge < -0.3 is 14.2 Å². The third-order valence-corrected chi connectivity index (χ3v) is 8.09. The summed E-state index contributed by atoms with van der Waals surface area (Å²) < 4.78 is 16.6. The molecule has 0 aliphatic rings. The van der Waals surface area contributed by atoms with Gasteiger partial charge in [0.25, 0.3) is 0 Å². The molecule has 0 unspecified atom stereocenters. The van der Waals surface area contributed by atoms with Crippen LogP contribution in [0, 0.1) is 0 Å². The molecular formula is C39H44ClNO5. The topological polar surface area (TPSA) is 65.1 Å². The van der Waals surface area contributed by atoms with E-state index < -0.39 is 0 Å². The molecule has 46 heavy (non-hydrogen) atoms. The van der Waals surface area contributed by atoms with E-state index in [9.17, 15) is 9.59 Å². The SMILES string of the molecule is CCOC(=O)CCCCN(Cc1ccc(C(=O)OC)cc1)C[C@H](OCc1ccc(CCc2ccccc2)cc1)c1cccc(Cl)c1. The van der Waals surface area contributed by atoms with Crippen molar-refractivity contribution in [1.82, 2.24) is 4.90 Å². The van der Waals surface area contributed by atoms with Gasteiger partial charge >= 0.3 is 11.9 Å². The van der Waals surface area contributed by atoms with Crippen molar-refractivity contribution in [2.45, 2.75) is 58.3 Å². The van der Waals surface area contributed by atoms with E-state index in [0.29, 0.717) is 43.3 Å². The first kappa shape index (κ1) is 34.9. The van der Waals surface area contributed by atoms with Crippen molar-refractivity contribution < 1.29 is 23.8 Å². The van der Waals surface area contributed by atoms with Crippen LogP contribution in [0.5, 0.6) is 0 Å². The molecule has 242 valence electrons. The molecule has 0 aliphatic carbocycles. The molecule has 4 aromatic carbocycles. The summed E-state index contributed by atoms with van der Waals surface area (Å²) in [6.07, 6.45) is 3.71. The first-order valence-electron chi connectivity index (χ1n) is 16.0. The molecule has 7 heteroatoms. The predicted molar refractivity (Wildman–Crippen MR) is 183 cm³/mol. The van der Waals surface area contributed by atoms with Gasteiger partial charge in [-0.1, -0.05) is 90.5 Å². The zero-order chi connectivity index (χ0) is 32.6. The number of benzene rings is 4. The van der Waals surface area contributed by atoms with Crippen LogP contribution in [0.2, 0.25) is 5.02 Å². The first-order valence-corrected chi connectivity index (χ1v) is 16.4. The van der Waals surface area contributed by atoms with Crippen LogP contribution in [-0.4, -0.2) is 43.6 Å². The highest BCUT2D eigenvalue weighted by Crippen LogP contribution is 2.25. The van der Waals surface area contributed by atoms with Crippen LogP contribution in [0.4, 0.5) is 0 Å². The number of nitrogens with zero attached hydrogens (tertiary/aromatic N) is 1. The van der Waals surface area contributed by atoms with Crippen molar-refractivity contribution in [3.8, 4) is 0 Å². The van der Waals surface area contributed by atoms with Gasteiger partial charge in [0.15, 0.2) is 0 Å². The maximum atomic E-state index is 12.0. The van der Waals surface area contributed by atoms with Crippen LogP contribution < -0.4 is 0 Å². The Morgan fingerprint density at radius 2 is 1.46 bits per heavy atom. The van der Waals surface area contributed by atoms with E-state index >= 15 is 0 Å². The smallest absolute Gasteiger partial charge is 0.337 e. The molecule has 0 saturated carbocycles. The second-order valence-corrected chi connectivity index (χ2v) is 11.8. The van der Waals surface area contributed by atoms with Gasteiger partial charge in [-0.2, -0.15) is 0 Å². The summed E-state index contributed by atoms with van der Waals surface area (Å²) in [4.78, 5) is 26.2. The summed E-state index contributed by atoms with van der Waals surface area (Å²) >= 11 is 6.42. The molecule has 0 bridgehead atoms. The van der Waals surface area contributed by atoms with Crippen LogP contribution in [0.3, 0.4) is 0 Å². The van der Waals surface area contributed by atoms with Crippen molar-refractivity contribution >= 4 is 23.5 Å². The van der Waals surface area contributed by atoms with E-state index in [4.69, 9.17) is 25.8 Å². The number of unbranched alkanes of at least 4 members (excludes halogenated alkanes) is 1. The monoisotopic (exact) mass is 641 g/mol. The van der Waals surface area contributed by atoms with Gasteiger partial charge in [0.1, 0.15) is 0 Å². The standard InChI is InChI=1S/C39H44ClNO5/c1-3-45-38(42)14-7-8-25-41(27-32-21-23-34(24-22-32)39(43)44-2)28-37(35-12-9-13-36(40)26-35)46-29-33-19-17-31(18-20-33)16-15-30-10-5-4-6-11-30/h4-6,9-13,17-24,26,37H,3,7-8,14-16,25,27-29H2,1-2H3/t37-/m0/s1. The summed E-state index contributed by atoms with van der Waals surface area (Å²) in [6.45, 7) is 4.70. The molecule has 0 heterocycles. The highest BCUT2D eigenvalue weighted by atomic mass is 35.5. The molecule has 0 aliphatic heterocycles. The Hall–Kier alpha value is -3.97. The van der Waals surface area contributed by atoms with E-state index in [1.807, 2.05) is 49.4 Å². The van der Waals surface area contributed by atoms with Gasteiger partial charge in [-0.15, -0.1) is 0 Å². The van der Waals surface area contributed by atoms with Crippen molar-refractivity contribution in [2.24, 2.45) is 0 Å². The van der Waals surface area contributed by atoms with Crippen molar-refractivity contribution in [3.63, 3.8) is 0 Å². The summed E-state index contributed by atoms with van der Waals surface area (Å²) in [7, 11) is 1.38. The second-order valence-electron chi connectivity index (χ2n) is 11.3. The Balaban J connectivity index is 1.45. The number of hydrogen-bond donors (Lipinski definition) is 0.